The first kappa shape index (κ1) is 13.1. The van der Waals surface area contributed by atoms with Crippen molar-refractivity contribution in [3.8, 4) is 0 Å². The highest BCUT2D eigenvalue weighted by atomic mass is 35.5. The minimum absolute atomic E-state index is 0.183. The van der Waals surface area contributed by atoms with Gasteiger partial charge >= 0.3 is 0 Å². The zero-order valence-corrected chi connectivity index (χ0v) is 10.9. The summed E-state index contributed by atoms with van der Waals surface area (Å²) in [7, 11) is 0. The van der Waals surface area contributed by atoms with Crippen LogP contribution in [0.5, 0.6) is 0 Å². The lowest BCUT2D eigenvalue weighted by Gasteiger charge is -2.14. The second-order valence-corrected chi connectivity index (χ2v) is 4.77. The van der Waals surface area contributed by atoms with Gasteiger partial charge in [0.05, 0.1) is 17.4 Å². The molecule has 0 aromatic carbocycles. The molecule has 1 aromatic heterocycles. The van der Waals surface area contributed by atoms with Crippen LogP contribution < -0.4 is 11.1 Å². The molecule has 0 bridgehead atoms. The van der Waals surface area contributed by atoms with Gasteiger partial charge in [0, 0.05) is 13.1 Å². The topological polar surface area (TPSA) is 71.2 Å². The van der Waals surface area contributed by atoms with Gasteiger partial charge in [-0.15, -0.1) is 0 Å². The minimum atomic E-state index is -0.223. The van der Waals surface area contributed by atoms with Gasteiger partial charge in [-0.2, -0.15) is 0 Å². The summed E-state index contributed by atoms with van der Waals surface area (Å²) in [6.07, 6.45) is 3.93. The minimum Gasteiger partial charge on any atom is -0.397 e. The van der Waals surface area contributed by atoms with E-state index in [4.69, 9.17) is 17.3 Å². The van der Waals surface area contributed by atoms with Crippen molar-refractivity contribution in [3.63, 3.8) is 0 Å². The molecule has 1 aliphatic rings. The molecule has 1 aromatic rings. The molecule has 98 valence electrons. The normalized spacial score (nSPS) is 15.8. The molecule has 0 atom stereocenters. The van der Waals surface area contributed by atoms with Gasteiger partial charge < -0.3 is 16.0 Å². The maximum atomic E-state index is 11.9. The first-order valence-corrected chi connectivity index (χ1v) is 6.46. The molecule has 0 saturated carbocycles. The molecule has 0 radical (unpaired) electrons. The molecule has 1 fully saturated rings. The number of amides is 1. The SMILES string of the molecule is Nc1cnc(Cl)c(C(=O)NCCN2CCCC2)c1. The number of nitrogens with one attached hydrogen (secondary N) is 1. The lowest BCUT2D eigenvalue weighted by Crippen LogP contribution is -2.33. The molecule has 18 heavy (non-hydrogen) atoms. The fourth-order valence-corrected chi connectivity index (χ4v) is 2.24. The molecule has 2 heterocycles. The van der Waals surface area contributed by atoms with E-state index in [-0.39, 0.29) is 11.1 Å². The van der Waals surface area contributed by atoms with Crippen molar-refractivity contribution < 1.29 is 4.79 Å². The van der Waals surface area contributed by atoms with E-state index in [1.54, 1.807) is 6.07 Å². The first-order valence-electron chi connectivity index (χ1n) is 6.08. The van der Waals surface area contributed by atoms with E-state index in [1.807, 2.05) is 0 Å². The molecule has 1 saturated heterocycles. The van der Waals surface area contributed by atoms with Crippen LogP contribution in [0.1, 0.15) is 23.2 Å². The van der Waals surface area contributed by atoms with Crippen molar-refractivity contribution in [2.24, 2.45) is 0 Å². The van der Waals surface area contributed by atoms with Crippen LogP contribution in [-0.2, 0) is 0 Å². The van der Waals surface area contributed by atoms with Gasteiger partial charge in [0.2, 0.25) is 0 Å². The standard InChI is InChI=1S/C12H17ClN4O/c13-11-10(7-9(14)8-16-11)12(18)15-3-6-17-4-1-2-5-17/h7-8H,1-6,14H2,(H,15,18). The van der Waals surface area contributed by atoms with Crippen molar-refractivity contribution in [1.29, 1.82) is 0 Å². The highest BCUT2D eigenvalue weighted by molar-refractivity contribution is 6.32. The number of nitrogens with zero attached hydrogens (tertiary/aromatic N) is 2. The molecule has 0 aliphatic carbocycles. The number of hydrogen-bond donors (Lipinski definition) is 2. The zero-order valence-electron chi connectivity index (χ0n) is 10.2. The second-order valence-electron chi connectivity index (χ2n) is 4.41. The smallest absolute Gasteiger partial charge is 0.254 e. The van der Waals surface area contributed by atoms with Crippen LogP contribution in [0.2, 0.25) is 5.15 Å². The van der Waals surface area contributed by atoms with E-state index in [2.05, 4.69) is 15.2 Å². The summed E-state index contributed by atoms with van der Waals surface area (Å²) in [4.78, 5) is 18.1. The molecule has 0 unspecified atom stereocenters. The van der Waals surface area contributed by atoms with E-state index in [9.17, 15) is 4.79 Å². The van der Waals surface area contributed by atoms with Gasteiger partial charge in [-0.05, 0) is 32.0 Å². The molecule has 2 rings (SSSR count). The molecule has 0 spiro atoms. The fourth-order valence-electron chi connectivity index (χ4n) is 2.05. The Kier molecular flexibility index (Phi) is 4.38. The number of halogens is 1. The van der Waals surface area contributed by atoms with Crippen LogP contribution in [0, 0.1) is 0 Å². The number of aromatic nitrogens is 1. The van der Waals surface area contributed by atoms with Crippen LogP contribution in [0.15, 0.2) is 12.3 Å². The summed E-state index contributed by atoms with van der Waals surface area (Å²) in [6, 6.07) is 1.54. The largest absolute Gasteiger partial charge is 0.397 e. The summed E-state index contributed by atoms with van der Waals surface area (Å²) < 4.78 is 0. The number of nitrogens with two attached hydrogens (primary N) is 1. The predicted molar refractivity (Wildman–Crippen MR) is 71.7 cm³/mol. The van der Waals surface area contributed by atoms with Gasteiger partial charge in [0.1, 0.15) is 5.15 Å². The average Bonchev–Trinajstić information content (AvgIpc) is 2.85. The van der Waals surface area contributed by atoms with Crippen molar-refractivity contribution >= 4 is 23.2 Å². The Morgan fingerprint density at radius 2 is 2.22 bits per heavy atom. The van der Waals surface area contributed by atoms with Gasteiger partial charge in [0.15, 0.2) is 0 Å². The van der Waals surface area contributed by atoms with E-state index in [0.29, 0.717) is 17.8 Å². The maximum Gasteiger partial charge on any atom is 0.254 e. The molecule has 6 heteroatoms. The molecule has 1 aliphatic heterocycles. The predicted octanol–water partition coefficient (Wildman–Crippen LogP) is 1.14. The van der Waals surface area contributed by atoms with Gasteiger partial charge in [-0.3, -0.25) is 4.79 Å². The number of carbonyl (C=O) groups excluding carboxylic acids is 1. The number of hydrogen-bond acceptors (Lipinski definition) is 4. The second kappa shape index (κ2) is 6.02. The summed E-state index contributed by atoms with van der Waals surface area (Å²) in [5.41, 5.74) is 6.35. The quantitative estimate of drug-likeness (QED) is 0.804. The molecule has 5 nitrogen and oxygen atoms in total. The number of carbonyl (C=O) groups is 1. The van der Waals surface area contributed by atoms with Crippen molar-refractivity contribution in [2.45, 2.75) is 12.8 Å². The Morgan fingerprint density at radius 1 is 1.50 bits per heavy atom. The Morgan fingerprint density at radius 3 is 2.94 bits per heavy atom. The number of anilines is 1. The Balaban J connectivity index is 1.85. The van der Waals surface area contributed by atoms with Crippen LogP contribution in [-0.4, -0.2) is 42.0 Å². The number of pyridine rings is 1. The highest BCUT2D eigenvalue weighted by Gasteiger charge is 2.14. The fraction of sp³-hybridized carbons (Fsp3) is 0.500. The zero-order chi connectivity index (χ0) is 13.0. The van der Waals surface area contributed by atoms with E-state index < -0.39 is 0 Å². The molecular formula is C12H17ClN4O. The van der Waals surface area contributed by atoms with Crippen LogP contribution in [0.3, 0.4) is 0 Å². The van der Waals surface area contributed by atoms with Crippen molar-refractivity contribution in [3.05, 3.63) is 23.0 Å². The molecule has 3 N–H and O–H groups in total. The van der Waals surface area contributed by atoms with E-state index >= 15 is 0 Å². The summed E-state index contributed by atoms with van der Waals surface area (Å²) >= 11 is 5.86. The van der Waals surface area contributed by atoms with E-state index in [0.717, 1.165) is 19.6 Å². The summed E-state index contributed by atoms with van der Waals surface area (Å²) in [6.45, 7) is 3.73. The van der Waals surface area contributed by atoms with Gasteiger partial charge in [0.25, 0.3) is 5.91 Å². The summed E-state index contributed by atoms with van der Waals surface area (Å²) in [5, 5.41) is 3.02. The first-order chi connectivity index (χ1) is 8.66. The Hall–Kier alpha value is -1.33. The third-order valence-electron chi connectivity index (χ3n) is 3.02. The van der Waals surface area contributed by atoms with Crippen LogP contribution in [0.25, 0.3) is 0 Å². The lowest BCUT2D eigenvalue weighted by atomic mass is 10.2. The highest BCUT2D eigenvalue weighted by Crippen LogP contribution is 2.15. The van der Waals surface area contributed by atoms with Gasteiger partial charge in [-0.25, -0.2) is 4.98 Å². The average molecular weight is 269 g/mol. The van der Waals surface area contributed by atoms with Crippen LogP contribution in [0.4, 0.5) is 5.69 Å². The number of rotatable bonds is 4. The third-order valence-corrected chi connectivity index (χ3v) is 3.32. The Bertz CT molecular complexity index is 432. The van der Waals surface area contributed by atoms with Crippen molar-refractivity contribution in [2.75, 3.05) is 31.9 Å². The number of likely N-dealkylation sites (tertiary alicyclic amines) is 1. The monoisotopic (exact) mass is 268 g/mol. The Labute approximate surface area is 111 Å². The maximum absolute atomic E-state index is 11.9. The van der Waals surface area contributed by atoms with Crippen LogP contribution >= 0.6 is 11.6 Å². The lowest BCUT2D eigenvalue weighted by molar-refractivity contribution is 0.0949. The third kappa shape index (κ3) is 3.34. The van der Waals surface area contributed by atoms with Crippen molar-refractivity contribution in [1.82, 2.24) is 15.2 Å². The summed E-state index contributed by atoms with van der Waals surface area (Å²) in [5.74, 6) is -0.223. The molecular weight excluding hydrogens is 252 g/mol. The number of nitrogen functional groups attached to an aromatic ring is 1. The molecule has 1 amide bonds. The van der Waals surface area contributed by atoms with Gasteiger partial charge in [-0.1, -0.05) is 11.6 Å². The van der Waals surface area contributed by atoms with E-state index in [1.165, 1.54) is 19.0 Å².